The van der Waals surface area contributed by atoms with Crippen LogP contribution in [0.1, 0.15) is 11.1 Å². The van der Waals surface area contributed by atoms with Crippen LogP contribution < -0.4 is 9.64 Å². The van der Waals surface area contributed by atoms with Crippen molar-refractivity contribution in [3.8, 4) is 5.75 Å². The molecule has 2 aliphatic rings. The van der Waals surface area contributed by atoms with Gasteiger partial charge in [0.25, 0.3) is 5.69 Å². The first-order chi connectivity index (χ1) is 11.7. The van der Waals surface area contributed by atoms with Crippen molar-refractivity contribution >= 4 is 23.1 Å². The second kappa shape index (κ2) is 6.33. The molecule has 0 fully saturated rings. The molecule has 0 amide bonds. The maximum atomic E-state index is 11.2. The summed E-state index contributed by atoms with van der Waals surface area (Å²) in [6.45, 7) is 2.01. The Hall–Kier alpha value is -2.25. The average Bonchev–Trinajstić information content (AvgIpc) is 2.62. The van der Waals surface area contributed by atoms with Gasteiger partial charge in [0.1, 0.15) is 5.75 Å². The van der Waals surface area contributed by atoms with E-state index in [1.165, 1.54) is 16.6 Å². The van der Waals surface area contributed by atoms with Crippen molar-refractivity contribution < 1.29 is 14.4 Å². The van der Waals surface area contributed by atoms with Gasteiger partial charge in [-0.3, -0.25) is 10.1 Å². The van der Waals surface area contributed by atoms with Crippen molar-refractivity contribution in [3.05, 3.63) is 57.6 Å². The Labute approximate surface area is 143 Å². The second-order valence-corrected chi connectivity index (χ2v) is 6.84. The number of thioether (sulfide) groups is 1. The highest BCUT2D eigenvalue weighted by atomic mass is 32.2. The minimum absolute atomic E-state index is 0.0810. The highest BCUT2D eigenvalue weighted by molar-refractivity contribution is 7.99. The van der Waals surface area contributed by atoms with Crippen LogP contribution >= 0.6 is 11.8 Å². The van der Waals surface area contributed by atoms with Gasteiger partial charge in [-0.15, -0.1) is 11.8 Å². The summed E-state index contributed by atoms with van der Waals surface area (Å²) in [6.07, 6.45) is 0. The van der Waals surface area contributed by atoms with E-state index in [0.29, 0.717) is 13.2 Å². The van der Waals surface area contributed by atoms with Crippen LogP contribution in [0.2, 0.25) is 0 Å². The van der Waals surface area contributed by atoms with E-state index >= 15 is 0 Å². The maximum absolute atomic E-state index is 11.2. The Morgan fingerprint density at radius 1 is 1.29 bits per heavy atom. The van der Waals surface area contributed by atoms with E-state index in [2.05, 4.69) is 17.0 Å². The number of non-ortho nitro benzene ring substituents is 1. The molecule has 0 aliphatic carbocycles. The Balaban J connectivity index is 1.72. The van der Waals surface area contributed by atoms with Crippen LogP contribution in [0, 0.1) is 10.1 Å². The molecule has 0 saturated heterocycles. The van der Waals surface area contributed by atoms with Crippen molar-refractivity contribution in [1.82, 2.24) is 0 Å². The van der Waals surface area contributed by atoms with Crippen molar-refractivity contribution in [3.63, 3.8) is 0 Å². The number of anilines is 1. The van der Waals surface area contributed by atoms with Gasteiger partial charge >= 0.3 is 0 Å². The number of benzene rings is 2. The number of nitrogens with zero attached hydrogens (tertiary/aromatic N) is 2. The molecule has 0 unspecified atom stereocenters. The van der Waals surface area contributed by atoms with Gasteiger partial charge in [0.05, 0.1) is 17.2 Å². The largest absolute Gasteiger partial charge is 0.467 e. The van der Waals surface area contributed by atoms with Crippen LogP contribution in [0.4, 0.5) is 11.4 Å². The number of fused-ring (bicyclic) bond motifs is 2. The molecule has 2 heterocycles. The zero-order valence-electron chi connectivity index (χ0n) is 12.9. The molecule has 2 aliphatic heterocycles. The lowest BCUT2D eigenvalue weighted by Gasteiger charge is -2.32. The molecule has 0 bridgehead atoms. The molecule has 24 heavy (non-hydrogen) atoms. The topological polar surface area (TPSA) is 64.8 Å². The Kier molecular flexibility index (Phi) is 4.03. The van der Waals surface area contributed by atoms with Gasteiger partial charge in [0.2, 0.25) is 0 Å². The molecule has 2 aromatic carbocycles. The molecule has 4 rings (SSSR count). The Morgan fingerprint density at radius 2 is 2.17 bits per heavy atom. The molecule has 124 valence electrons. The molecule has 7 heteroatoms. The quantitative estimate of drug-likeness (QED) is 0.626. The van der Waals surface area contributed by atoms with Gasteiger partial charge in [0.15, 0.2) is 6.79 Å². The van der Waals surface area contributed by atoms with E-state index in [-0.39, 0.29) is 17.4 Å². The molecular weight excluding hydrogens is 328 g/mol. The number of hydrogen-bond acceptors (Lipinski definition) is 6. The Morgan fingerprint density at radius 3 is 3.04 bits per heavy atom. The van der Waals surface area contributed by atoms with Crippen LogP contribution in [0.15, 0.2) is 41.3 Å². The van der Waals surface area contributed by atoms with Gasteiger partial charge in [0, 0.05) is 47.0 Å². The summed E-state index contributed by atoms with van der Waals surface area (Å²) in [5, 5.41) is 11.2. The van der Waals surface area contributed by atoms with Crippen LogP contribution in [-0.2, 0) is 17.9 Å². The highest BCUT2D eigenvalue weighted by Crippen LogP contribution is 2.38. The molecule has 6 nitrogen and oxygen atoms in total. The van der Waals surface area contributed by atoms with Crippen molar-refractivity contribution in [2.24, 2.45) is 0 Å². The van der Waals surface area contributed by atoms with Gasteiger partial charge in [-0.05, 0) is 12.1 Å². The third-order valence-corrected chi connectivity index (χ3v) is 5.21. The number of ether oxygens (including phenoxy) is 2. The average molecular weight is 344 g/mol. The minimum atomic E-state index is -0.363. The SMILES string of the molecule is O=[N+]([O-])c1cc2c(c(CN3CCSc4ccccc43)c1)OCOC2. The first-order valence-electron chi connectivity index (χ1n) is 7.70. The van der Waals surface area contributed by atoms with Crippen molar-refractivity contribution in [1.29, 1.82) is 0 Å². The summed E-state index contributed by atoms with van der Waals surface area (Å²) >= 11 is 1.84. The summed E-state index contributed by atoms with van der Waals surface area (Å²) in [5.41, 5.74) is 2.83. The van der Waals surface area contributed by atoms with E-state index < -0.39 is 0 Å². The molecule has 0 radical (unpaired) electrons. The van der Waals surface area contributed by atoms with E-state index in [9.17, 15) is 10.1 Å². The second-order valence-electron chi connectivity index (χ2n) is 5.70. The number of para-hydroxylation sites is 1. The molecule has 0 atom stereocenters. The number of nitro benzene ring substituents is 1. The van der Waals surface area contributed by atoms with E-state index in [4.69, 9.17) is 9.47 Å². The molecule has 2 aromatic rings. The minimum Gasteiger partial charge on any atom is -0.467 e. The first-order valence-corrected chi connectivity index (χ1v) is 8.68. The monoisotopic (exact) mass is 344 g/mol. The van der Waals surface area contributed by atoms with Gasteiger partial charge in [-0.25, -0.2) is 0 Å². The predicted molar refractivity (Wildman–Crippen MR) is 91.6 cm³/mol. The van der Waals surface area contributed by atoms with Crippen molar-refractivity contribution in [2.45, 2.75) is 18.0 Å². The van der Waals surface area contributed by atoms with Crippen LogP contribution in [0.5, 0.6) is 5.75 Å². The number of hydrogen-bond donors (Lipinski definition) is 0. The zero-order valence-corrected chi connectivity index (χ0v) is 13.8. The van der Waals surface area contributed by atoms with E-state index in [0.717, 1.165) is 29.2 Å². The predicted octanol–water partition coefficient (Wildman–Crippen LogP) is 3.57. The lowest BCUT2D eigenvalue weighted by molar-refractivity contribution is -0.385. The molecular formula is C17H16N2O4S. The van der Waals surface area contributed by atoms with E-state index in [1.54, 1.807) is 6.07 Å². The highest BCUT2D eigenvalue weighted by Gasteiger charge is 2.24. The summed E-state index contributed by atoms with van der Waals surface area (Å²) in [5.74, 6) is 1.72. The number of nitro groups is 1. The summed E-state index contributed by atoms with van der Waals surface area (Å²) < 4.78 is 10.9. The molecule has 0 N–H and O–H groups in total. The standard InChI is InChI=1S/C17H16N2O4S/c20-19(21)14-7-12(17-13(8-14)10-22-11-23-17)9-18-5-6-24-16-4-2-1-3-15(16)18/h1-4,7-8H,5-6,9-11H2. The van der Waals surface area contributed by atoms with Crippen LogP contribution in [-0.4, -0.2) is 24.0 Å². The summed E-state index contributed by atoms with van der Waals surface area (Å²) in [7, 11) is 0. The van der Waals surface area contributed by atoms with Gasteiger partial charge in [-0.1, -0.05) is 12.1 Å². The summed E-state index contributed by atoms with van der Waals surface area (Å²) in [6, 6.07) is 11.4. The third-order valence-electron chi connectivity index (χ3n) is 4.17. The fourth-order valence-electron chi connectivity index (χ4n) is 3.10. The fourth-order valence-corrected chi connectivity index (χ4v) is 4.15. The van der Waals surface area contributed by atoms with Crippen LogP contribution in [0.25, 0.3) is 0 Å². The summed E-state index contributed by atoms with van der Waals surface area (Å²) in [4.78, 5) is 14.4. The molecule has 0 spiro atoms. The van der Waals surface area contributed by atoms with Gasteiger partial charge in [-0.2, -0.15) is 0 Å². The first kappa shape index (κ1) is 15.3. The number of rotatable bonds is 3. The maximum Gasteiger partial charge on any atom is 0.270 e. The lowest BCUT2D eigenvalue weighted by atomic mass is 10.1. The van der Waals surface area contributed by atoms with Crippen molar-refractivity contribution in [2.75, 3.05) is 24.0 Å². The smallest absolute Gasteiger partial charge is 0.270 e. The van der Waals surface area contributed by atoms with Gasteiger partial charge < -0.3 is 14.4 Å². The van der Waals surface area contributed by atoms with Crippen LogP contribution in [0.3, 0.4) is 0 Å². The third kappa shape index (κ3) is 2.81. The lowest BCUT2D eigenvalue weighted by Crippen LogP contribution is -2.29. The molecule has 0 saturated carbocycles. The van der Waals surface area contributed by atoms with E-state index in [1.807, 2.05) is 23.9 Å². The fraction of sp³-hybridized carbons (Fsp3) is 0.294. The molecule has 0 aromatic heterocycles. The normalized spacial score (nSPS) is 16.1. The zero-order chi connectivity index (χ0) is 16.5. The Bertz CT molecular complexity index is 796.